The van der Waals surface area contributed by atoms with Crippen molar-refractivity contribution in [2.45, 2.75) is 52.0 Å². The quantitative estimate of drug-likeness (QED) is 0.174. The predicted molar refractivity (Wildman–Crippen MR) is 156 cm³/mol. The van der Waals surface area contributed by atoms with Crippen LogP contribution in [0.15, 0.2) is 52.4 Å². The molecule has 0 bridgehead atoms. The topological polar surface area (TPSA) is 12.4 Å². The summed E-state index contributed by atoms with van der Waals surface area (Å²) in [5.74, 6) is 0. The molecule has 0 spiro atoms. The average molecular weight is 478 g/mol. The standard InChI is InChI=1S/C30H28BNS2/c1-16-17(2)25-26-28(33)24(22-13-11-21(12-14-22)20-9-7-6-8-10-20)18(3)19(4)29(26)34-30(25)27(31)23(16)15-32-5/h6-7,9,11-14,33H,5,8,10,15H2,1-4H3. The molecule has 4 aromatic rings. The molecule has 1 aliphatic carbocycles. The summed E-state index contributed by atoms with van der Waals surface area (Å²) in [5, 5.41) is 2.45. The second kappa shape index (κ2) is 8.90. The van der Waals surface area contributed by atoms with Crippen LogP contribution in [-0.2, 0) is 6.54 Å². The SMILES string of the molecule is [B]c1c(CN=C)c(C)c(C)c2c1sc1c(C)c(C)c(-c3ccc(C4=CC=CCC4)cc3)c(S)c12. The van der Waals surface area contributed by atoms with Crippen molar-refractivity contribution < 1.29 is 0 Å². The zero-order valence-corrected chi connectivity index (χ0v) is 22.0. The third kappa shape index (κ3) is 3.51. The molecule has 1 aliphatic rings. The molecule has 0 N–H and O–H groups in total. The Bertz CT molecular complexity index is 1540. The summed E-state index contributed by atoms with van der Waals surface area (Å²) in [5.41, 5.74) is 12.1. The van der Waals surface area contributed by atoms with Crippen molar-refractivity contribution in [1.29, 1.82) is 0 Å². The van der Waals surface area contributed by atoms with E-state index in [1.165, 1.54) is 60.0 Å². The van der Waals surface area contributed by atoms with Crippen molar-refractivity contribution in [3.63, 3.8) is 0 Å². The highest BCUT2D eigenvalue weighted by Crippen LogP contribution is 2.47. The molecule has 0 amide bonds. The lowest BCUT2D eigenvalue weighted by molar-refractivity contribution is 1.05. The van der Waals surface area contributed by atoms with E-state index >= 15 is 0 Å². The predicted octanol–water partition coefficient (Wildman–Crippen LogP) is 7.97. The van der Waals surface area contributed by atoms with Gasteiger partial charge in [-0.15, -0.1) is 24.0 Å². The maximum absolute atomic E-state index is 6.70. The van der Waals surface area contributed by atoms with Gasteiger partial charge in [-0.1, -0.05) is 48.0 Å². The molecule has 3 aromatic carbocycles. The minimum Gasteiger partial charge on any atom is -0.296 e. The van der Waals surface area contributed by atoms with Gasteiger partial charge in [0.2, 0.25) is 0 Å². The Balaban J connectivity index is 1.77. The first-order valence-electron chi connectivity index (χ1n) is 11.7. The molecule has 1 aromatic heterocycles. The molecule has 0 aliphatic heterocycles. The van der Waals surface area contributed by atoms with Crippen LogP contribution in [0.4, 0.5) is 0 Å². The van der Waals surface area contributed by atoms with Crippen molar-refractivity contribution in [2.75, 3.05) is 0 Å². The Morgan fingerprint density at radius 2 is 1.65 bits per heavy atom. The lowest BCUT2D eigenvalue weighted by Gasteiger charge is -2.17. The molecule has 5 rings (SSSR count). The largest absolute Gasteiger partial charge is 0.296 e. The van der Waals surface area contributed by atoms with Crippen LogP contribution in [0.3, 0.4) is 0 Å². The fourth-order valence-corrected chi connectivity index (χ4v) is 7.25. The molecular formula is C30H28BNS2. The normalized spacial score (nSPS) is 13.6. The first kappa shape index (κ1) is 23.2. The van der Waals surface area contributed by atoms with Gasteiger partial charge in [-0.2, -0.15) is 0 Å². The summed E-state index contributed by atoms with van der Waals surface area (Å²) in [6.45, 7) is 13.0. The number of rotatable bonds is 4. The first-order valence-corrected chi connectivity index (χ1v) is 13.0. The summed E-state index contributed by atoms with van der Waals surface area (Å²) in [6, 6.07) is 8.99. The van der Waals surface area contributed by atoms with E-state index in [-0.39, 0.29) is 0 Å². The molecule has 4 heteroatoms. The number of thiophene rings is 1. The minimum absolute atomic E-state index is 0.540. The van der Waals surface area contributed by atoms with Crippen LogP contribution in [0.25, 0.3) is 36.9 Å². The second-order valence-electron chi connectivity index (χ2n) is 9.24. The highest BCUT2D eigenvalue weighted by Gasteiger charge is 2.22. The lowest BCUT2D eigenvalue weighted by atomic mass is 9.83. The number of thiol groups is 1. The van der Waals surface area contributed by atoms with Crippen molar-refractivity contribution in [2.24, 2.45) is 4.99 Å². The average Bonchev–Trinajstić information content (AvgIpc) is 3.27. The molecular weight excluding hydrogens is 449 g/mol. The van der Waals surface area contributed by atoms with Crippen LogP contribution in [-0.4, -0.2) is 14.6 Å². The molecule has 1 nitrogen and oxygen atoms in total. The van der Waals surface area contributed by atoms with E-state index in [2.05, 4.69) is 81.9 Å². The molecule has 2 radical (unpaired) electrons. The smallest absolute Gasteiger partial charge is 0.116 e. The summed E-state index contributed by atoms with van der Waals surface area (Å²) in [4.78, 5) is 5.16. The monoisotopic (exact) mass is 477 g/mol. The number of benzene rings is 3. The summed E-state index contributed by atoms with van der Waals surface area (Å²) in [6.07, 6.45) is 8.83. The number of aryl methyl sites for hydroxylation is 2. The molecule has 0 unspecified atom stereocenters. The van der Waals surface area contributed by atoms with E-state index in [4.69, 9.17) is 20.5 Å². The van der Waals surface area contributed by atoms with Crippen molar-refractivity contribution in [3.8, 4) is 11.1 Å². The van der Waals surface area contributed by atoms with Gasteiger partial charge in [0.05, 0.1) is 6.54 Å². The summed E-state index contributed by atoms with van der Waals surface area (Å²) in [7, 11) is 6.70. The van der Waals surface area contributed by atoms with E-state index in [1.54, 1.807) is 11.3 Å². The second-order valence-corrected chi connectivity index (χ2v) is 10.7. The Hall–Kier alpha value is -2.56. The number of aliphatic imine (C=N–C) groups is 1. The lowest BCUT2D eigenvalue weighted by Crippen LogP contribution is -2.13. The fourth-order valence-electron chi connectivity index (χ4n) is 5.24. The van der Waals surface area contributed by atoms with Crippen LogP contribution < -0.4 is 5.46 Å². The van der Waals surface area contributed by atoms with Crippen LogP contribution in [0.5, 0.6) is 0 Å². The van der Waals surface area contributed by atoms with Crippen molar-refractivity contribution >= 4 is 69.7 Å². The number of hydrogen-bond acceptors (Lipinski definition) is 3. The van der Waals surface area contributed by atoms with E-state index in [1.807, 2.05) is 0 Å². The van der Waals surface area contributed by atoms with E-state index in [0.717, 1.165) is 33.5 Å². The number of allylic oxidation sites excluding steroid dienone is 4. The van der Waals surface area contributed by atoms with Gasteiger partial charge in [0.1, 0.15) is 7.85 Å². The Kier molecular flexibility index (Phi) is 6.08. The maximum Gasteiger partial charge on any atom is 0.116 e. The third-order valence-electron chi connectivity index (χ3n) is 7.45. The van der Waals surface area contributed by atoms with Gasteiger partial charge < -0.3 is 0 Å². The molecule has 0 saturated carbocycles. The van der Waals surface area contributed by atoms with Gasteiger partial charge in [0, 0.05) is 25.1 Å². The summed E-state index contributed by atoms with van der Waals surface area (Å²) >= 11 is 6.94. The van der Waals surface area contributed by atoms with Gasteiger partial charge >= 0.3 is 0 Å². The Morgan fingerprint density at radius 3 is 2.29 bits per heavy atom. The molecule has 0 fully saturated rings. The zero-order valence-electron chi connectivity index (χ0n) is 20.2. The highest BCUT2D eigenvalue weighted by atomic mass is 32.1. The Morgan fingerprint density at radius 1 is 0.941 bits per heavy atom. The first-order chi connectivity index (χ1) is 16.3. The van der Waals surface area contributed by atoms with Crippen molar-refractivity contribution in [1.82, 2.24) is 0 Å². The zero-order chi connectivity index (χ0) is 24.1. The van der Waals surface area contributed by atoms with Crippen LogP contribution in [0.1, 0.15) is 46.2 Å². The van der Waals surface area contributed by atoms with Crippen LogP contribution >= 0.6 is 24.0 Å². The van der Waals surface area contributed by atoms with E-state index in [0.29, 0.717) is 6.54 Å². The maximum atomic E-state index is 6.70. The number of nitrogens with zero attached hydrogens (tertiary/aromatic N) is 1. The Labute approximate surface area is 213 Å². The molecule has 0 saturated heterocycles. The van der Waals surface area contributed by atoms with Crippen LogP contribution in [0, 0.1) is 27.7 Å². The van der Waals surface area contributed by atoms with Gasteiger partial charge in [-0.05, 0) is 97.3 Å². The van der Waals surface area contributed by atoms with Gasteiger partial charge in [-0.3, -0.25) is 4.99 Å². The number of fused-ring (bicyclic) bond motifs is 3. The van der Waals surface area contributed by atoms with E-state index in [9.17, 15) is 0 Å². The summed E-state index contributed by atoms with van der Waals surface area (Å²) < 4.78 is 2.41. The number of hydrogen-bond donors (Lipinski definition) is 1. The highest BCUT2D eigenvalue weighted by molar-refractivity contribution is 7.80. The third-order valence-corrected chi connectivity index (χ3v) is 9.24. The minimum atomic E-state index is 0.540. The molecule has 34 heavy (non-hydrogen) atoms. The van der Waals surface area contributed by atoms with Gasteiger partial charge in [0.25, 0.3) is 0 Å². The van der Waals surface area contributed by atoms with E-state index < -0.39 is 0 Å². The van der Waals surface area contributed by atoms with Crippen molar-refractivity contribution in [3.05, 3.63) is 75.9 Å². The molecule has 168 valence electrons. The van der Waals surface area contributed by atoms with Crippen LogP contribution in [0.2, 0.25) is 0 Å². The van der Waals surface area contributed by atoms with Gasteiger partial charge in [0.15, 0.2) is 0 Å². The molecule has 0 atom stereocenters. The fraction of sp³-hybridized carbons (Fsp3) is 0.233. The van der Waals surface area contributed by atoms with Gasteiger partial charge in [-0.25, -0.2) is 0 Å². The molecule has 1 heterocycles.